The molecule has 0 bridgehead atoms. The Hall–Kier alpha value is -4.22. The zero-order chi connectivity index (χ0) is 23.6. The number of aromatic nitrogens is 2. The molecule has 0 fully saturated rings. The Kier molecular flexibility index (Phi) is 5.82. The Bertz CT molecular complexity index is 1580. The molecule has 4 aromatic rings. The first-order valence-corrected chi connectivity index (χ1v) is 11.5. The van der Waals surface area contributed by atoms with Gasteiger partial charge in [0.05, 0.1) is 4.90 Å². The van der Waals surface area contributed by atoms with Gasteiger partial charge in [-0.15, -0.1) is 0 Å². The summed E-state index contributed by atoms with van der Waals surface area (Å²) in [6.07, 6.45) is 2.54. The van der Waals surface area contributed by atoms with E-state index in [4.69, 9.17) is 4.74 Å². The molecule has 0 saturated carbocycles. The Morgan fingerprint density at radius 2 is 1.70 bits per heavy atom. The van der Waals surface area contributed by atoms with Crippen LogP contribution in [0.4, 0.5) is 0 Å². The van der Waals surface area contributed by atoms with Crippen molar-refractivity contribution in [1.29, 1.82) is 5.26 Å². The molecule has 2 aromatic heterocycles. The van der Waals surface area contributed by atoms with E-state index in [0.29, 0.717) is 11.4 Å². The summed E-state index contributed by atoms with van der Waals surface area (Å²) in [5, 5.41) is 9.67. The SMILES string of the molecule is Cc1cc(C)cc(Oc2nc3ccccn3c(=O)c2/C=C(\C#N)S(=O)(=O)c2ccccc2)c1. The minimum absolute atomic E-state index is 0.0524. The number of allylic oxidation sites excluding steroid dienone is 1. The first kappa shape index (κ1) is 22.0. The standard InChI is InChI=1S/C25H19N3O4S/c1-17-12-18(2)14-19(13-17)32-24-22(25(29)28-11-7-6-10-23(28)27-24)15-21(16-26)33(30,31)20-8-4-3-5-9-20/h3-15H,1-2H3/b21-15+. The molecule has 0 aliphatic heterocycles. The van der Waals surface area contributed by atoms with Crippen LogP contribution in [0.3, 0.4) is 0 Å². The van der Waals surface area contributed by atoms with Gasteiger partial charge in [0.1, 0.15) is 27.9 Å². The molecule has 2 heterocycles. The fourth-order valence-corrected chi connectivity index (χ4v) is 4.58. The molecular weight excluding hydrogens is 438 g/mol. The van der Waals surface area contributed by atoms with Gasteiger partial charge in [0.2, 0.25) is 15.7 Å². The van der Waals surface area contributed by atoms with Crippen LogP contribution >= 0.6 is 0 Å². The number of sulfone groups is 1. The maximum Gasteiger partial charge on any atom is 0.269 e. The Labute approximate surface area is 190 Å². The van der Waals surface area contributed by atoms with E-state index >= 15 is 0 Å². The van der Waals surface area contributed by atoms with E-state index < -0.39 is 20.3 Å². The van der Waals surface area contributed by atoms with Crippen LogP contribution in [0.5, 0.6) is 11.6 Å². The maximum absolute atomic E-state index is 13.3. The van der Waals surface area contributed by atoms with E-state index in [0.717, 1.165) is 17.2 Å². The van der Waals surface area contributed by atoms with Crippen molar-refractivity contribution in [3.05, 3.63) is 105 Å². The van der Waals surface area contributed by atoms with Crippen LogP contribution in [0.25, 0.3) is 11.7 Å². The highest BCUT2D eigenvalue weighted by atomic mass is 32.2. The molecule has 0 aliphatic carbocycles. The fourth-order valence-electron chi connectivity index (χ4n) is 3.41. The Morgan fingerprint density at radius 3 is 2.36 bits per heavy atom. The predicted molar refractivity (Wildman–Crippen MR) is 125 cm³/mol. The Balaban J connectivity index is 1.95. The summed E-state index contributed by atoms with van der Waals surface area (Å²) < 4.78 is 33.3. The monoisotopic (exact) mass is 457 g/mol. The number of hydrogen-bond acceptors (Lipinski definition) is 6. The second kappa shape index (κ2) is 8.73. The van der Waals surface area contributed by atoms with Crippen LogP contribution in [0.2, 0.25) is 0 Å². The normalized spacial score (nSPS) is 11.8. The zero-order valence-electron chi connectivity index (χ0n) is 17.9. The maximum atomic E-state index is 13.3. The molecule has 8 heteroatoms. The molecule has 7 nitrogen and oxygen atoms in total. The third-order valence-electron chi connectivity index (χ3n) is 4.87. The molecule has 4 rings (SSSR count). The van der Waals surface area contributed by atoms with E-state index in [1.165, 1.54) is 22.7 Å². The molecular formula is C25H19N3O4S. The second-order valence-corrected chi connectivity index (χ2v) is 9.35. The summed E-state index contributed by atoms with van der Waals surface area (Å²) in [6, 6.07) is 19.8. The molecule has 0 aliphatic rings. The van der Waals surface area contributed by atoms with E-state index in [9.17, 15) is 18.5 Å². The predicted octanol–water partition coefficient (Wildman–Crippen LogP) is 4.44. The van der Waals surface area contributed by atoms with Gasteiger partial charge in [-0.1, -0.05) is 30.3 Å². The van der Waals surface area contributed by atoms with Gasteiger partial charge >= 0.3 is 0 Å². The molecule has 2 aromatic carbocycles. The number of nitriles is 1. The lowest BCUT2D eigenvalue weighted by molar-refractivity contribution is 0.460. The van der Waals surface area contributed by atoms with Crippen molar-refractivity contribution in [2.75, 3.05) is 0 Å². The lowest BCUT2D eigenvalue weighted by atomic mass is 10.1. The number of benzene rings is 2. The van der Waals surface area contributed by atoms with Crippen LogP contribution in [-0.4, -0.2) is 17.8 Å². The smallest absolute Gasteiger partial charge is 0.269 e. The summed E-state index contributed by atoms with van der Waals surface area (Å²) in [5.41, 5.74) is 1.52. The summed E-state index contributed by atoms with van der Waals surface area (Å²) in [5.74, 6) is 0.353. The van der Waals surface area contributed by atoms with Crippen LogP contribution in [0.1, 0.15) is 16.7 Å². The van der Waals surface area contributed by atoms with Crippen molar-refractivity contribution < 1.29 is 13.2 Å². The van der Waals surface area contributed by atoms with Gasteiger partial charge in [-0.05, 0) is 67.4 Å². The molecule has 0 atom stereocenters. The molecule has 0 radical (unpaired) electrons. The number of ether oxygens (including phenoxy) is 1. The van der Waals surface area contributed by atoms with Crippen molar-refractivity contribution in [2.45, 2.75) is 18.7 Å². The van der Waals surface area contributed by atoms with E-state index in [-0.39, 0.29) is 16.3 Å². The van der Waals surface area contributed by atoms with Crippen molar-refractivity contribution in [1.82, 2.24) is 9.38 Å². The largest absolute Gasteiger partial charge is 0.438 e. The highest BCUT2D eigenvalue weighted by Gasteiger charge is 2.23. The summed E-state index contributed by atoms with van der Waals surface area (Å²) in [7, 11) is -4.15. The lowest BCUT2D eigenvalue weighted by Crippen LogP contribution is -2.19. The van der Waals surface area contributed by atoms with Gasteiger partial charge in [-0.3, -0.25) is 9.20 Å². The first-order chi connectivity index (χ1) is 15.8. The van der Waals surface area contributed by atoms with Crippen LogP contribution in [0, 0.1) is 25.2 Å². The zero-order valence-corrected chi connectivity index (χ0v) is 18.7. The second-order valence-electron chi connectivity index (χ2n) is 7.43. The number of pyridine rings is 1. The molecule has 0 amide bonds. The summed E-state index contributed by atoms with van der Waals surface area (Å²) >= 11 is 0. The first-order valence-electron chi connectivity index (χ1n) is 9.99. The fraction of sp³-hybridized carbons (Fsp3) is 0.0800. The third-order valence-corrected chi connectivity index (χ3v) is 6.55. The quantitative estimate of drug-likeness (QED) is 0.411. The van der Waals surface area contributed by atoms with Gasteiger partial charge in [-0.2, -0.15) is 10.2 Å². The summed E-state index contributed by atoms with van der Waals surface area (Å²) in [6.45, 7) is 3.81. The van der Waals surface area contributed by atoms with Gasteiger partial charge in [0.25, 0.3) is 5.56 Å². The van der Waals surface area contributed by atoms with E-state index in [1.54, 1.807) is 54.6 Å². The van der Waals surface area contributed by atoms with Gasteiger partial charge < -0.3 is 4.74 Å². The Morgan fingerprint density at radius 1 is 1.03 bits per heavy atom. The van der Waals surface area contributed by atoms with Crippen molar-refractivity contribution in [2.24, 2.45) is 0 Å². The van der Waals surface area contributed by atoms with Gasteiger partial charge in [0.15, 0.2) is 0 Å². The van der Waals surface area contributed by atoms with E-state index in [2.05, 4.69) is 4.98 Å². The highest BCUT2D eigenvalue weighted by Crippen LogP contribution is 2.28. The minimum atomic E-state index is -4.15. The van der Waals surface area contributed by atoms with Gasteiger partial charge in [-0.25, -0.2) is 8.42 Å². The average Bonchev–Trinajstić information content (AvgIpc) is 2.79. The number of fused-ring (bicyclic) bond motifs is 1. The molecule has 0 spiro atoms. The molecule has 0 saturated heterocycles. The molecule has 0 unspecified atom stereocenters. The molecule has 164 valence electrons. The number of aryl methyl sites for hydroxylation is 2. The van der Waals surface area contributed by atoms with Crippen LogP contribution in [0.15, 0.2) is 87.5 Å². The summed E-state index contributed by atoms with van der Waals surface area (Å²) in [4.78, 5) is 17.1. The van der Waals surface area contributed by atoms with Crippen LogP contribution < -0.4 is 10.3 Å². The number of hydrogen-bond donors (Lipinski definition) is 0. The number of nitrogens with zero attached hydrogens (tertiary/aromatic N) is 3. The number of rotatable bonds is 5. The van der Waals surface area contributed by atoms with Crippen LogP contribution in [-0.2, 0) is 9.84 Å². The highest BCUT2D eigenvalue weighted by molar-refractivity contribution is 7.95. The van der Waals surface area contributed by atoms with Gasteiger partial charge in [0, 0.05) is 6.20 Å². The molecule has 0 N–H and O–H groups in total. The third kappa shape index (κ3) is 4.40. The van der Waals surface area contributed by atoms with Crippen molar-refractivity contribution in [3.8, 4) is 17.7 Å². The average molecular weight is 458 g/mol. The van der Waals surface area contributed by atoms with Crippen molar-refractivity contribution in [3.63, 3.8) is 0 Å². The van der Waals surface area contributed by atoms with Crippen molar-refractivity contribution >= 4 is 21.6 Å². The van der Waals surface area contributed by atoms with E-state index in [1.807, 2.05) is 19.9 Å². The topological polar surface area (TPSA) is 102 Å². The lowest BCUT2D eigenvalue weighted by Gasteiger charge is -2.11. The minimum Gasteiger partial charge on any atom is -0.438 e. The molecule has 33 heavy (non-hydrogen) atoms.